The van der Waals surface area contributed by atoms with Crippen LogP contribution >= 0.6 is 0 Å². The first-order valence-electron chi connectivity index (χ1n) is 8.50. The van der Waals surface area contributed by atoms with Crippen LogP contribution in [0.3, 0.4) is 0 Å². The minimum absolute atomic E-state index is 0.0868. The second kappa shape index (κ2) is 12.9. The predicted molar refractivity (Wildman–Crippen MR) is 98.6 cm³/mol. The summed E-state index contributed by atoms with van der Waals surface area (Å²) in [4.78, 5) is 45.5. The average molecular weight is 390 g/mol. The fourth-order valence-corrected chi connectivity index (χ4v) is 1.82. The van der Waals surface area contributed by atoms with Crippen LogP contribution in [-0.2, 0) is 28.5 Å². The zero-order valence-corrected chi connectivity index (χ0v) is 15.4. The van der Waals surface area contributed by atoms with Crippen LogP contribution in [0.1, 0.15) is 33.6 Å². The van der Waals surface area contributed by atoms with Crippen molar-refractivity contribution >= 4 is 23.9 Å². The van der Waals surface area contributed by atoms with Crippen LogP contribution in [0.5, 0.6) is 0 Å². The predicted octanol–water partition coefficient (Wildman–Crippen LogP) is 2.24. The van der Waals surface area contributed by atoms with Gasteiger partial charge in [-0.15, -0.1) is 0 Å². The van der Waals surface area contributed by atoms with Crippen molar-refractivity contribution in [3.63, 3.8) is 0 Å². The molecule has 0 atom stereocenters. The van der Waals surface area contributed by atoms with Gasteiger partial charge in [0.15, 0.2) is 0 Å². The number of carbonyl (C=O) groups is 4. The third-order valence-electron chi connectivity index (χ3n) is 3.22. The Kier molecular flexibility index (Phi) is 10.4. The number of esters is 4. The van der Waals surface area contributed by atoms with Gasteiger partial charge < -0.3 is 18.9 Å². The summed E-state index contributed by atoms with van der Waals surface area (Å²) in [5, 5.41) is 0. The molecule has 150 valence electrons. The molecule has 0 radical (unpaired) electrons. The van der Waals surface area contributed by atoms with Gasteiger partial charge in [0.25, 0.3) is 0 Å². The van der Waals surface area contributed by atoms with Gasteiger partial charge in [-0.1, -0.05) is 13.2 Å². The number of rotatable bonds is 12. The molecule has 1 aromatic rings. The van der Waals surface area contributed by atoms with Gasteiger partial charge in [-0.3, -0.25) is 0 Å². The minimum Gasteiger partial charge on any atom is -0.462 e. The van der Waals surface area contributed by atoms with Gasteiger partial charge in [-0.25, -0.2) is 19.2 Å². The second-order valence-corrected chi connectivity index (χ2v) is 5.30. The molecule has 0 aliphatic heterocycles. The molecule has 0 aromatic heterocycles. The minimum atomic E-state index is -0.556. The summed E-state index contributed by atoms with van der Waals surface area (Å²) in [7, 11) is 0. The van der Waals surface area contributed by atoms with Gasteiger partial charge >= 0.3 is 23.9 Å². The van der Waals surface area contributed by atoms with Crippen molar-refractivity contribution in [3.8, 4) is 0 Å². The van der Waals surface area contributed by atoms with Crippen LogP contribution in [0.25, 0.3) is 0 Å². The van der Waals surface area contributed by atoms with Crippen molar-refractivity contribution < 1.29 is 38.1 Å². The lowest BCUT2D eigenvalue weighted by Crippen LogP contribution is -2.11. The highest BCUT2D eigenvalue weighted by atomic mass is 16.6. The van der Waals surface area contributed by atoms with E-state index in [4.69, 9.17) is 18.9 Å². The van der Waals surface area contributed by atoms with Crippen LogP contribution in [-0.4, -0.2) is 50.3 Å². The van der Waals surface area contributed by atoms with Crippen LogP contribution in [0.2, 0.25) is 0 Å². The van der Waals surface area contributed by atoms with E-state index in [0.29, 0.717) is 12.8 Å². The van der Waals surface area contributed by atoms with Gasteiger partial charge in [0.2, 0.25) is 0 Å². The topological polar surface area (TPSA) is 105 Å². The summed E-state index contributed by atoms with van der Waals surface area (Å²) >= 11 is 0. The summed E-state index contributed by atoms with van der Waals surface area (Å²) in [6.45, 7) is 6.95. The zero-order chi connectivity index (χ0) is 20.8. The van der Waals surface area contributed by atoms with Crippen molar-refractivity contribution in [2.45, 2.75) is 12.8 Å². The SMILES string of the molecule is C=CC(=O)OCCCOC(=O)c1ccc(C(=O)OCCCOC(=O)C=C)cc1. The van der Waals surface area contributed by atoms with Crippen LogP contribution < -0.4 is 0 Å². The molecule has 0 fully saturated rings. The molecule has 0 unspecified atom stereocenters. The third kappa shape index (κ3) is 8.79. The van der Waals surface area contributed by atoms with Gasteiger partial charge in [0.05, 0.1) is 37.6 Å². The van der Waals surface area contributed by atoms with E-state index in [1.165, 1.54) is 24.3 Å². The molecule has 0 N–H and O–H groups in total. The van der Waals surface area contributed by atoms with Gasteiger partial charge in [-0.05, 0) is 24.3 Å². The lowest BCUT2D eigenvalue weighted by atomic mass is 10.1. The first-order valence-corrected chi connectivity index (χ1v) is 8.50. The lowest BCUT2D eigenvalue weighted by Gasteiger charge is -2.07. The Balaban J connectivity index is 2.31. The summed E-state index contributed by atoms with van der Waals surface area (Å²) in [5.41, 5.74) is 0.548. The molecule has 0 saturated heterocycles. The molecular weight excluding hydrogens is 368 g/mol. The van der Waals surface area contributed by atoms with Crippen molar-refractivity contribution in [3.05, 3.63) is 60.7 Å². The summed E-state index contributed by atoms with van der Waals surface area (Å²) in [6, 6.07) is 5.79. The smallest absolute Gasteiger partial charge is 0.338 e. The van der Waals surface area contributed by atoms with E-state index in [1.807, 2.05) is 0 Å². The van der Waals surface area contributed by atoms with Crippen LogP contribution in [0, 0.1) is 0 Å². The monoisotopic (exact) mass is 390 g/mol. The van der Waals surface area contributed by atoms with Crippen LogP contribution in [0.15, 0.2) is 49.6 Å². The highest BCUT2D eigenvalue weighted by molar-refractivity contribution is 5.93. The quantitative estimate of drug-likeness (QED) is 0.232. The van der Waals surface area contributed by atoms with Gasteiger partial charge in [0.1, 0.15) is 0 Å². The van der Waals surface area contributed by atoms with E-state index in [0.717, 1.165) is 12.2 Å². The molecule has 0 aliphatic carbocycles. The zero-order valence-electron chi connectivity index (χ0n) is 15.4. The Morgan fingerprint density at radius 3 is 1.29 bits per heavy atom. The second-order valence-electron chi connectivity index (χ2n) is 5.30. The number of hydrogen-bond acceptors (Lipinski definition) is 8. The molecule has 1 rings (SSSR count). The Morgan fingerprint density at radius 1 is 0.643 bits per heavy atom. The Labute approximate surface area is 162 Å². The van der Waals surface area contributed by atoms with Crippen molar-refractivity contribution in [2.75, 3.05) is 26.4 Å². The Hall–Kier alpha value is -3.42. The van der Waals surface area contributed by atoms with E-state index in [-0.39, 0.29) is 37.6 Å². The van der Waals surface area contributed by atoms with Gasteiger partial charge in [-0.2, -0.15) is 0 Å². The molecule has 8 heteroatoms. The molecule has 0 bridgehead atoms. The molecule has 0 aliphatic rings. The fourth-order valence-electron chi connectivity index (χ4n) is 1.82. The van der Waals surface area contributed by atoms with Gasteiger partial charge in [0, 0.05) is 25.0 Å². The molecule has 1 aromatic carbocycles. The van der Waals surface area contributed by atoms with E-state index in [9.17, 15) is 19.2 Å². The highest BCUT2D eigenvalue weighted by Gasteiger charge is 2.11. The third-order valence-corrected chi connectivity index (χ3v) is 3.22. The van der Waals surface area contributed by atoms with Crippen molar-refractivity contribution in [1.82, 2.24) is 0 Å². The first-order chi connectivity index (χ1) is 13.5. The maximum absolute atomic E-state index is 11.9. The van der Waals surface area contributed by atoms with E-state index in [1.54, 1.807) is 0 Å². The Morgan fingerprint density at radius 2 is 0.964 bits per heavy atom. The highest BCUT2D eigenvalue weighted by Crippen LogP contribution is 2.08. The number of benzene rings is 1. The molecule has 8 nitrogen and oxygen atoms in total. The first kappa shape index (κ1) is 22.6. The van der Waals surface area contributed by atoms with E-state index < -0.39 is 23.9 Å². The summed E-state index contributed by atoms with van der Waals surface area (Å²) in [5.74, 6) is -2.18. The van der Waals surface area contributed by atoms with Crippen molar-refractivity contribution in [2.24, 2.45) is 0 Å². The largest absolute Gasteiger partial charge is 0.462 e. The summed E-state index contributed by atoms with van der Waals surface area (Å²) in [6.07, 6.45) is 2.82. The maximum atomic E-state index is 11.9. The van der Waals surface area contributed by atoms with E-state index in [2.05, 4.69) is 13.2 Å². The number of ether oxygens (including phenoxy) is 4. The molecule has 0 saturated carbocycles. The maximum Gasteiger partial charge on any atom is 0.338 e. The molecule has 0 amide bonds. The lowest BCUT2D eigenvalue weighted by molar-refractivity contribution is -0.138. The normalized spacial score (nSPS) is 9.71. The summed E-state index contributed by atoms with van der Waals surface area (Å²) < 4.78 is 19.6. The molecule has 0 spiro atoms. The van der Waals surface area contributed by atoms with Crippen LogP contribution in [0.4, 0.5) is 0 Å². The average Bonchev–Trinajstić information content (AvgIpc) is 2.72. The number of carbonyl (C=O) groups excluding carboxylic acids is 4. The van der Waals surface area contributed by atoms with E-state index >= 15 is 0 Å². The molecular formula is C20H22O8. The number of hydrogen-bond donors (Lipinski definition) is 0. The Bertz CT molecular complexity index is 644. The van der Waals surface area contributed by atoms with Crippen molar-refractivity contribution in [1.29, 1.82) is 0 Å². The molecule has 0 heterocycles. The fraction of sp³-hybridized carbons (Fsp3) is 0.300. The molecule has 28 heavy (non-hydrogen) atoms. The standard InChI is InChI=1S/C20H22O8/c1-3-17(21)25-11-5-13-27-19(23)15-7-9-16(10-8-15)20(24)28-14-6-12-26-18(22)4-2/h3-4,7-10H,1-2,5-6,11-14H2.